The molecule has 0 spiro atoms. The first kappa shape index (κ1) is 35.6. The smallest absolute Gasteiger partial charge is 0.457 e. The van der Waals surface area contributed by atoms with Crippen molar-refractivity contribution >= 4 is 18.1 Å². The highest BCUT2D eigenvalue weighted by atomic mass is 16.8. The van der Waals surface area contributed by atoms with Crippen LogP contribution < -0.4 is 0 Å². The SMILES string of the molecule is CCCc1nc(C(C)(C)O)c(C(=O)OC(C)OC(=O)O[C@H]2CO[C@H]3[C@@H]2OC[C@H]3OC(C)=O)n1Cc1ccc(-c2ccccc2-c2nn[nH]n2)cc1. The molecule has 0 radical (unpaired) electrons. The van der Waals surface area contributed by atoms with Gasteiger partial charge in [0.1, 0.15) is 29.3 Å². The van der Waals surface area contributed by atoms with Crippen LogP contribution in [0, 0.1) is 0 Å². The van der Waals surface area contributed by atoms with Gasteiger partial charge >= 0.3 is 18.1 Å². The van der Waals surface area contributed by atoms with Crippen LogP contribution in [0.25, 0.3) is 22.5 Å². The molecule has 2 N–H and O–H groups in total. The number of imidazole rings is 1. The molecule has 6 rings (SSSR count). The summed E-state index contributed by atoms with van der Waals surface area (Å²) in [4.78, 5) is 42.6. The standard InChI is InChI=1S/C35H40N6O10/c1-6-9-27-36-31(35(4,5)45)28(33(43)49-20(3)50-34(44)51-26-18-47-29-25(48-19(2)42)17-46-30(26)29)41(27)16-21-12-14-22(15-13-21)23-10-7-8-11-24(23)32-37-39-40-38-32/h7-8,10-15,20,25-26,29-30,45H,6,9,16-18H2,1-5H3,(H,37,38,39,40)/t20?,25-,26+,29-,30-/m1/s1. The van der Waals surface area contributed by atoms with Crippen LogP contribution in [-0.4, -0.2) is 97.3 Å². The lowest BCUT2D eigenvalue weighted by molar-refractivity contribution is -0.151. The van der Waals surface area contributed by atoms with Crippen LogP contribution in [0.3, 0.4) is 0 Å². The van der Waals surface area contributed by atoms with Crippen LogP contribution >= 0.6 is 0 Å². The van der Waals surface area contributed by atoms with Crippen molar-refractivity contribution in [1.82, 2.24) is 30.2 Å². The third kappa shape index (κ3) is 7.92. The highest BCUT2D eigenvalue weighted by Gasteiger charge is 2.51. The molecule has 5 atom stereocenters. The van der Waals surface area contributed by atoms with E-state index in [2.05, 4.69) is 25.6 Å². The molecule has 16 heteroatoms. The molecule has 4 heterocycles. The summed E-state index contributed by atoms with van der Waals surface area (Å²) in [5, 5.41) is 25.5. The quantitative estimate of drug-likeness (QED) is 0.123. The molecule has 2 aliphatic rings. The summed E-state index contributed by atoms with van der Waals surface area (Å²) in [6.07, 6.45) is -3.87. The Morgan fingerprint density at radius 2 is 1.67 bits per heavy atom. The Hall–Kier alpha value is -5.19. The fraction of sp³-hybridized carbons (Fsp3) is 0.457. The van der Waals surface area contributed by atoms with E-state index in [1.54, 1.807) is 4.57 Å². The Morgan fingerprint density at radius 1 is 1.00 bits per heavy atom. The summed E-state index contributed by atoms with van der Waals surface area (Å²) in [5.41, 5.74) is 2.18. The minimum Gasteiger partial charge on any atom is -0.457 e. The minimum absolute atomic E-state index is 0.0109. The number of esters is 2. The topological polar surface area (TPSA) is 199 Å². The maximum atomic E-state index is 13.8. The molecule has 0 amide bonds. The van der Waals surface area contributed by atoms with E-state index in [0.717, 1.165) is 28.7 Å². The first-order valence-electron chi connectivity index (χ1n) is 16.7. The highest BCUT2D eigenvalue weighted by molar-refractivity contribution is 5.89. The molecule has 51 heavy (non-hydrogen) atoms. The number of rotatable bonds is 12. The molecule has 1 unspecified atom stereocenters. The number of fused-ring (bicyclic) bond motifs is 1. The zero-order valence-corrected chi connectivity index (χ0v) is 28.9. The molecule has 4 aromatic rings. The number of benzene rings is 2. The molecule has 0 aliphatic carbocycles. The Labute approximate surface area is 293 Å². The van der Waals surface area contributed by atoms with Gasteiger partial charge in [-0.3, -0.25) is 4.79 Å². The molecule has 270 valence electrons. The van der Waals surface area contributed by atoms with Gasteiger partial charge < -0.3 is 38.1 Å². The van der Waals surface area contributed by atoms with Crippen LogP contribution in [0.4, 0.5) is 4.79 Å². The molecular weight excluding hydrogens is 664 g/mol. The number of hydrogen-bond acceptors (Lipinski definition) is 14. The number of tetrazole rings is 1. The molecule has 0 bridgehead atoms. The summed E-state index contributed by atoms with van der Waals surface area (Å²) in [5.74, 6) is -0.258. The van der Waals surface area contributed by atoms with Gasteiger partial charge in [-0.25, -0.2) is 14.6 Å². The van der Waals surface area contributed by atoms with Gasteiger partial charge in [-0.1, -0.05) is 55.5 Å². The molecule has 2 fully saturated rings. The lowest BCUT2D eigenvalue weighted by atomic mass is 9.98. The van der Waals surface area contributed by atoms with Gasteiger partial charge in [0.25, 0.3) is 0 Å². The van der Waals surface area contributed by atoms with Gasteiger partial charge in [-0.05, 0) is 42.2 Å². The van der Waals surface area contributed by atoms with Gasteiger partial charge in [0.05, 0.1) is 13.2 Å². The van der Waals surface area contributed by atoms with Crippen LogP contribution in [0.5, 0.6) is 0 Å². The number of nitrogens with zero attached hydrogens (tertiary/aromatic N) is 5. The second kappa shape index (κ2) is 15.0. The first-order valence-corrected chi connectivity index (χ1v) is 16.7. The maximum absolute atomic E-state index is 13.8. The van der Waals surface area contributed by atoms with E-state index in [4.69, 9.17) is 28.4 Å². The summed E-state index contributed by atoms with van der Waals surface area (Å²) < 4.78 is 34.5. The molecule has 16 nitrogen and oxygen atoms in total. The average molecular weight is 705 g/mol. The zero-order chi connectivity index (χ0) is 36.3. The molecule has 2 saturated heterocycles. The van der Waals surface area contributed by atoms with Crippen molar-refractivity contribution in [3.05, 3.63) is 71.3 Å². The third-order valence-corrected chi connectivity index (χ3v) is 8.47. The number of H-pyrrole nitrogens is 1. The molecule has 2 aromatic carbocycles. The van der Waals surface area contributed by atoms with E-state index in [-0.39, 0.29) is 31.1 Å². The number of nitrogens with one attached hydrogen (secondary N) is 1. The molecule has 2 aromatic heterocycles. The minimum atomic E-state index is -1.50. The monoisotopic (exact) mass is 704 g/mol. The van der Waals surface area contributed by atoms with E-state index in [0.29, 0.717) is 18.1 Å². The molecular formula is C35H40N6O10. The average Bonchev–Trinajstić information content (AvgIpc) is 3.88. The van der Waals surface area contributed by atoms with Crippen molar-refractivity contribution in [2.45, 2.75) is 90.3 Å². The number of aryl methyl sites for hydroxylation is 1. The Balaban J connectivity index is 1.17. The zero-order valence-electron chi connectivity index (χ0n) is 28.9. The van der Waals surface area contributed by atoms with Gasteiger partial charge in [-0.15, -0.1) is 10.2 Å². The van der Waals surface area contributed by atoms with Crippen molar-refractivity contribution in [2.75, 3.05) is 13.2 Å². The van der Waals surface area contributed by atoms with E-state index in [9.17, 15) is 19.5 Å². The number of carbonyl (C=O) groups excluding carboxylic acids is 3. The fourth-order valence-corrected chi connectivity index (χ4v) is 6.26. The van der Waals surface area contributed by atoms with Gasteiger partial charge in [-0.2, -0.15) is 5.21 Å². The van der Waals surface area contributed by atoms with E-state index >= 15 is 0 Å². The summed E-state index contributed by atoms with van der Waals surface area (Å²) >= 11 is 0. The van der Waals surface area contributed by atoms with Gasteiger partial charge in [0, 0.05) is 32.4 Å². The lowest BCUT2D eigenvalue weighted by Gasteiger charge is -2.21. The summed E-state index contributed by atoms with van der Waals surface area (Å²) in [6, 6.07) is 15.5. The molecule has 2 aliphatic heterocycles. The molecule has 0 saturated carbocycles. The predicted octanol–water partition coefficient (Wildman–Crippen LogP) is 3.71. The van der Waals surface area contributed by atoms with Gasteiger partial charge in [0.15, 0.2) is 17.9 Å². The fourth-order valence-electron chi connectivity index (χ4n) is 6.26. The van der Waals surface area contributed by atoms with Crippen molar-refractivity contribution < 1.29 is 47.9 Å². The lowest BCUT2D eigenvalue weighted by Crippen LogP contribution is -2.36. The van der Waals surface area contributed by atoms with Crippen molar-refractivity contribution in [2.24, 2.45) is 0 Å². The largest absolute Gasteiger partial charge is 0.511 e. The number of aliphatic hydroxyl groups is 1. The van der Waals surface area contributed by atoms with E-state index in [1.807, 2.05) is 55.5 Å². The van der Waals surface area contributed by atoms with Crippen LogP contribution in [0.2, 0.25) is 0 Å². The van der Waals surface area contributed by atoms with Crippen molar-refractivity contribution in [1.29, 1.82) is 0 Å². The number of hydrogen-bond donors (Lipinski definition) is 2. The number of aromatic nitrogens is 6. The second-order valence-electron chi connectivity index (χ2n) is 12.8. The predicted molar refractivity (Wildman–Crippen MR) is 177 cm³/mol. The number of aromatic amines is 1. The van der Waals surface area contributed by atoms with Gasteiger partial charge in [0.2, 0.25) is 12.1 Å². The third-order valence-electron chi connectivity index (χ3n) is 8.47. The Bertz CT molecular complexity index is 1850. The highest BCUT2D eigenvalue weighted by Crippen LogP contribution is 2.33. The summed E-state index contributed by atoms with van der Waals surface area (Å²) in [6.45, 7) is 8.08. The van der Waals surface area contributed by atoms with E-state index in [1.165, 1.54) is 27.7 Å². The number of carbonyl (C=O) groups is 3. The van der Waals surface area contributed by atoms with Crippen LogP contribution in [0.15, 0.2) is 48.5 Å². The van der Waals surface area contributed by atoms with Crippen molar-refractivity contribution in [3.63, 3.8) is 0 Å². The Morgan fingerprint density at radius 3 is 2.27 bits per heavy atom. The van der Waals surface area contributed by atoms with Crippen LogP contribution in [-0.2, 0) is 51.8 Å². The second-order valence-corrected chi connectivity index (χ2v) is 12.8. The first-order chi connectivity index (χ1) is 24.4. The number of ether oxygens (including phenoxy) is 6. The van der Waals surface area contributed by atoms with E-state index < -0.39 is 54.4 Å². The van der Waals surface area contributed by atoms with Crippen LogP contribution in [0.1, 0.15) is 68.6 Å². The Kier molecular flexibility index (Phi) is 10.5. The summed E-state index contributed by atoms with van der Waals surface area (Å²) in [7, 11) is 0. The van der Waals surface area contributed by atoms with Crippen molar-refractivity contribution in [3.8, 4) is 22.5 Å². The normalized spacial score (nSPS) is 20.4. The maximum Gasteiger partial charge on any atom is 0.511 e.